The summed E-state index contributed by atoms with van der Waals surface area (Å²) in [5.74, 6) is 0. The molecule has 0 amide bonds. The van der Waals surface area contributed by atoms with Crippen molar-refractivity contribution in [2.75, 3.05) is 0 Å². The average Bonchev–Trinajstić information content (AvgIpc) is 2.64. The lowest BCUT2D eigenvalue weighted by atomic mass is 10.0. The lowest BCUT2D eigenvalue weighted by molar-refractivity contribution is 0.343. The molecule has 1 rings (SSSR count). The van der Waals surface area contributed by atoms with Crippen molar-refractivity contribution in [3.8, 4) is 0 Å². The number of aromatic nitrogens is 1. The second-order valence-corrected chi connectivity index (χ2v) is 6.73. The van der Waals surface area contributed by atoms with Crippen molar-refractivity contribution >= 4 is 40.4 Å². The first kappa shape index (κ1) is 14.0. The van der Waals surface area contributed by atoms with Crippen molar-refractivity contribution < 1.29 is 0 Å². The minimum Gasteiger partial charge on any atom is -0.348 e. The van der Waals surface area contributed by atoms with Crippen LogP contribution in [0.2, 0.25) is 0 Å². The van der Waals surface area contributed by atoms with E-state index in [1.165, 1.54) is 0 Å². The fourth-order valence-corrected chi connectivity index (χ4v) is 1.63. The zero-order valence-electron chi connectivity index (χ0n) is 9.73. The smallest absolute Gasteiger partial charge is 0.216 e. The van der Waals surface area contributed by atoms with Gasteiger partial charge in [0.25, 0.3) is 0 Å². The lowest BCUT2D eigenvalue weighted by Gasteiger charge is -2.25. The minimum absolute atomic E-state index is 0.0616. The predicted octanol–water partition coefficient (Wildman–Crippen LogP) is 5.02. The fraction of sp³-hybridized carbons (Fsp3) is 0.500. The summed E-state index contributed by atoms with van der Waals surface area (Å²) in [7, 11) is 0. The molecule has 1 nitrogen and oxygen atoms in total. The number of hydrogen-bond acceptors (Lipinski definition) is 0. The van der Waals surface area contributed by atoms with Gasteiger partial charge in [-0.1, -0.05) is 48.3 Å². The Hall–Kier alpha value is -0.110. The fourth-order valence-electron chi connectivity index (χ4n) is 1.30. The highest BCUT2D eigenvalue weighted by molar-refractivity contribution is 6.72. The van der Waals surface area contributed by atoms with Crippen LogP contribution in [0.5, 0.6) is 0 Å². The Labute approximate surface area is 112 Å². The Balaban J connectivity index is 3.01. The van der Waals surface area contributed by atoms with Crippen LogP contribution in [0.15, 0.2) is 25.0 Å². The van der Waals surface area contributed by atoms with E-state index >= 15 is 0 Å². The number of nitrogens with zero attached hydrogens (tertiary/aromatic N) is 1. The molecular formula is C12H16Cl3N. The molecule has 1 aromatic rings. The van der Waals surface area contributed by atoms with Crippen LogP contribution in [0.1, 0.15) is 32.8 Å². The summed E-state index contributed by atoms with van der Waals surface area (Å²) < 4.78 is 0.673. The van der Waals surface area contributed by atoms with Crippen LogP contribution in [0.3, 0.4) is 0 Å². The molecular weight excluding hydrogens is 264 g/mol. The highest BCUT2D eigenvalue weighted by Crippen LogP contribution is 2.40. The summed E-state index contributed by atoms with van der Waals surface area (Å²) in [6, 6.07) is 1.92. The van der Waals surface area contributed by atoms with Crippen molar-refractivity contribution in [2.24, 2.45) is 0 Å². The van der Waals surface area contributed by atoms with Crippen LogP contribution < -0.4 is 0 Å². The maximum atomic E-state index is 5.80. The molecule has 0 saturated carbocycles. The predicted molar refractivity (Wildman–Crippen MR) is 73.4 cm³/mol. The van der Waals surface area contributed by atoms with E-state index in [-0.39, 0.29) is 5.54 Å². The van der Waals surface area contributed by atoms with E-state index in [1.54, 1.807) is 0 Å². The summed E-state index contributed by atoms with van der Waals surface area (Å²) in [5, 5.41) is 0. The molecule has 0 bridgehead atoms. The third-order valence-electron chi connectivity index (χ3n) is 2.95. The van der Waals surface area contributed by atoms with Gasteiger partial charge in [0.2, 0.25) is 3.79 Å². The summed E-state index contributed by atoms with van der Waals surface area (Å²) in [6.45, 7) is 10.3. The molecule has 1 aromatic heterocycles. The number of halogens is 3. The van der Waals surface area contributed by atoms with Gasteiger partial charge in [-0.25, -0.2) is 0 Å². The maximum Gasteiger partial charge on any atom is 0.216 e. The summed E-state index contributed by atoms with van der Waals surface area (Å²) in [5.41, 5.74) is 1.43. The zero-order chi connectivity index (χ0) is 12.6. The molecule has 0 spiro atoms. The van der Waals surface area contributed by atoms with Gasteiger partial charge in [-0.05, 0) is 31.9 Å². The lowest BCUT2D eigenvalue weighted by Crippen LogP contribution is -2.23. The number of allylic oxidation sites excluding steroid dienone is 1. The summed E-state index contributed by atoms with van der Waals surface area (Å²) in [6.07, 6.45) is 4.98. The molecule has 0 radical (unpaired) electrons. The normalized spacial score (nSPS) is 12.9. The number of alkyl halides is 3. The Morgan fingerprint density at radius 2 is 1.94 bits per heavy atom. The Kier molecular flexibility index (Phi) is 4.04. The molecule has 0 aliphatic carbocycles. The van der Waals surface area contributed by atoms with Crippen molar-refractivity contribution in [1.82, 2.24) is 4.57 Å². The quantitative estimate of drug-likeness (QED) is 0.685. The van der Waals surface area contributed by atoms with Crippen LogP contribution in [0.4, 0.5) is 0 Å². The van der Waals surface area contributed by atoms with Crippen LogP contribution in [0.25, 0.3) is 5.57 Å². The van der Waals surface area contributed by atoms with Gasteiger partial charge in [0.05, 0.1) is 0 Å². The average molecular weight is 281 g/mol. The highest BCUT2D eigenvalue weighted by atomic mass is 35.6. The van der Waals surface area contributed by atoms with Crippen LogP contribution in [-0.2, 0) is 5.54 Å². The molecule has 0 unspecified atom stereocenters. The molecule has 0 aromatic carbocycles. The van der Waals surface area contributed by atoms with E-state index in [9.17, 15) is 0 Å². The van der Waals surface area contributed by atoms with Crippen molar-refractivity contribution in [1.29, 1.82) is 0 Å². The largest absolute Gasteiger partial charge is 0.348 e. The topological polar surface area (TPSA) is 4.93 Å². The van der Waals surface area contributed by atoms with Crippen LogP contribution >= 0.6 is 34.8 Å². The first-order valence-electron chi connectivity index (χ1n) is 5.13. The van der Waals surface area contributed by atoms with E-state index in [2.05, 4.69) is 31.9 Å². The van der Waals surface area contributed by atoms with Gasteiger partial charge in [0, 0.05) is 23.5 Å². The Morgan fingerprint density at radius 1 is 1.38 bits per heavy atom. The van der Waals surface area contributed by atoms with Gasteiger partial charge >= 0.3 is 0 Å². The van der Waals surface area contributed by atoms with E-state index < -0.39 is 3.79 Å². The molecule has 0 N–H and O–H groups in total. The maximum absolute atomic E-state index is 5.80. The second-order valence-electron chi connectivity index (χ2n) is 4.45. The van der Waals surface area contributed by atoms with E-state index in [4.69, 9.17) is 34.8 Å². The van der Waals surface area contributed by atoms with Crippen LogP contribution in [-0.4, -0.2) is 8.36 Å². The zero-order valence-corrected chi connectivity index (χ0v) is 12.0. The van der Waals surface area contributed by atoms with Crippen molar-refractivity contribution in [2.45, 2.75) is 36.5 Å². The molecule has 0 saturated heterocycles. The minimum atomic E-state index is -1.44. The first-order valence-corrected chi connectivity index (χ1v) is 6.27. The van der Waals surface area contributed by atoms with E-state index in [1.807, 2.05) is 18.5 Å². The molecule has 0 fully saturated rings. The van der Waals surface area contributed by atoms with E-state index in [0.717, 1.165) is 12.0 Å². The SMILES string of the molecule is C=C(c1ccn(C(C)(C)CC)c1)C(Cl)(Cl)Cl. The molecule has 1 heterocycles. The molecule has 16 heavy (non-hydrogen) atoms. The Bertz CT molecular complexity index is 385. The third kappa shape index (κ3) is 2.97. The van der Waals surface area contributed by atoms with Crippen molar-refractivity contribution in [3.63, 3.8) is 0 Å². The van der Waals surface area contributed by atoms with Crippen molar-refractivity contribution in [3.05, 3.63) is 30.6 Å². The second kappa shape index (κ2) is 4.64. The summed E-state index contributed by atoms with van der Waals surface area (Å²) >= 11 is 17.4. The first-order chi connectivity index (χ1) is 7.18. The molecule has 90 valence electrons. The van der Waals surface area contributed by atoms with Gasteiger partial charge in [-0.15, -0.1) is 0 Å². The summed E-state index contributed by atoms with van der Waals surface area (Å²) in [4.78, 5) is 0. The Morgan fingerprint density at radius 3 is 2.38 bits per heavy atom. The van der Waals surface area contributed by atoms with Gasteiger partial charge in [-0.2, -0.15) is 0 Å². The third-order valence-corrected chi connectivity index (χ3v) is 3.63. The van der Waals surface area contributed by atoms with E-state index in [0.29, 0.717) is 5.57 Å². The number of rotatable bonds is 3. The molecule has 0 aliphatic rings. The highest BCUT2D eigenvalue weighted by Gasteiger charge is 2.27. The molecule has 0 atom stereocenters. The molecule has 0 aliphatic heterocycles. The monoisotopic (exact) mass is 279 g/mol. The standard InChI is InChI=1S/C12H16Cl3N/c1-5-11(3,4)16-7-6-10(8-16)9(2)12(13,14)15/h6-8H,2,5H2,1,3-4H3. The molecule has 4 heteroatoms. The van der Waals surface area contributed by atoms with Gasteiger partial charge in [0.15, 0.2) is 0 Å². The van der Waals surface area contributed by atoms with Gasteiger partial charge in [0.1, 0.15) is 0 Å². The number of hydrogen-bond donors (Lipinski definition) is 0. The van der Waals surface area contributed by atoms with Gasteiger partial charge in [-0.3, -0.25) is 0 Å². The van der Waals surface area contributed by atoms with Gasteiger partial charge < -0.3 is 4.57 Å². The van der Waals surface area contributed by atoms with Crippen LogP contribution in [0, 0.1) is 0 Å².